The summed E-state index contributed by atoms with van der Waals surface area (Å²) >= 11 is 0. The lowest BCUT2D eigenvalue weighted by atomic mass is 9.86. The Morgan fingerprint density at radius 1 is 0.969 bits per heavy atom. The molecule has 1 saturated carbocycles. The minimum absolute atomic E-state index is 0.204. The van der Waals surface area contributed by atoms with Crippen LogP contribution >= 0.6 is 0 Å². The smallest absolute Gasteiger partial charge is 0.330 e. The number of carbonyl (C=O) groups excluding carboxylic acids is 2. The van der Waals surface area contributed by atoms with Gasteiger partial charge in [0.05, 0.1) is 6.61 Å². The van der Waals surface area contributed by atoms with Crippen LogP contribution in [0.5, 0.6) is 0 Å². The van der Waals surface area contributed by atoms with E-state index < -0.39 is 0 Å². The van der Waals surface area contributed by atoms with Crippen molar-refractivity contribution in [2.24, 2.45) is 11.8 Å². The second-order valence-corrected chi connectivity index (χ2v) is 9.68. The summed E-state index contributed by atoms with van der Waals surface area (Å²) in [5.41, 5.74) is 1.09. The van der Waals surface area contributed by atoms with E-state index >= 15 is 0 Å². The zero-order chi connectivity index (χ0) is 23.0. The van der Waals surface area contributed by atoms with Crippen molar-refractivity contribution < 1.29 is 14.3 Å². The van der Waals surface area contributed by atoms with Gasteiger partial charge in [0, 0.05) is 36.9 Å². The molecule has 2 atom stereocenters. The Kier molecular flexibility index (Phi) is 13.4. The summed E-state index contributed by atoms with van der Waals surface area (Å²) in [6.45, 7) is 6.71. The molecule has 1 saturated heterocycles. The first kappa shape index (κ1) is 26.7. The summed E-state index contributed by atoms with van der Waals surface area (Å²) in [5.74, 6) is 0.897. The maximum atomic E-state index is 13.3. The summed E-state index contributed by atoms with van der Waals surface area (Å²) in [4.78, 5) is 27.1. The van der Waals surface area contributed by atoms with Crippen LogP contribution in [0.4, 0.5) is 0 Å². The van der Waals surface area contributed by atoms with E-state index in [1.807, 2.05) is 13.0 Å². The summed E-state index contributed by atoms with van der Waals surface area (Å²) in [7, 11) is 0. The first-order chi connectivity index (χ1) is 15.7. The van der Waals surface area contributed by atoms with Crippen LogP contribution in [0.25, 0.3) is 0 Å². The van der Waals surface area contributed by atoms with E-state index in [-0.39, 0.29) is 11.9 Å². The quantitative estimate of drug-likeness (QED) is 0.155. The molecule has 0 aromatic heterocycles. The van der Waals surface area contributed by atoms with Gasteiger partial charge in [0.1, 0.15) is 0 Å². The molecule has 0 aromatic carbocycles. The van der Waals surface area contributed by atoms with Crippen LogP contribution in [0.2, 0.25) is 0 Å². The van der Waals surface area contributed by atoms with Crippen LogP contribution in [-0.2, 0) is 14.3 Å². The van der Waals surface area contributed by atoms with Crippen LogP contribution in [0.15, 0.2) is 23.9 Å². The largest absolute Gasteiger partial charge is 0.463 e. The van der Waals surface area contributed by atoms with Gasteiger partial charge in [0.15, 0.2) is 5.78 Å². The Morgan fingerprint density at radius 3 is 2.44 bits per heavy atom. The highest BCUT2D eigenvalue weighted by Gasteiger charge is 2.37. The topological polar surface area (TPSA) is 46.6 Å². The van der Waals surface area contributed by atoms with Gasteiger partial charge in [-0.05, 0) is 64.2 Å². The predicted octanol–water partition coefficient (Wildman–Crippen LogP) is 6.99. The van der Waals surface area contributed by atoms with Gasteiger partial charge in [-0.1, -0.05) is 57.9 Å². The van der Waals surface area contributed by atoms with Crippen LogP contribution in [0, 0.1) is 11.8 Å². The Morgan fingerprint density at radius 2 is 1.69 bits per heavy atom. The average molecular weight is 446 g/mol. The molecule has 4 nitrogen and oxygen atoms in total. The van der Waals surface area contributed by atoms with Gasteiger partial charge in [0.25, 0.3) is 0 Å². The molecule has 0 aromatic rings. The third kappa shape index (κ3) is 9.92. The molecule has 0 radical (unpaired) electrons. The molecule has 0 N–H and O–H groups in total. The first-order valence-electron chi connectivity index (χ1n) is 13.5. The van der Waals surface area contributed by atoms with Crippen molar-refractivity contribution in [1.82, 2.24) is 4.90 Å². The molecule has 0 amide bonds. The van der Waals surface area contributed by atoms with E-state index in [9.17, 15) is 9.59 Å². The van der Waals surface area contributed by atoms with Crippen LogP contribution in [0.1, 0.15) is 110 Å². The molecule has 0 unspecified atom stereocenters. The van der Waals surface area contributed by atoms with E-state index in [0.29, 0.717) is 18.3 Å². The highest BCUT2D eigenvalue weighted by Crippen LogP contribution is 2.39. The van der Waals surface area contributed by atoms with Crippen molar-refractivity contribution in [1.29, 1.82) is 0 Å². The average Bonchev–Trinajstić information content (AvgIpc) is 3.08. The van der Waals surface area contributed by atoms with E-state index in [1.165, 1.54) is 70.3 Å². The lowest BCUT2D eigenvalue weighted by Gasteiger charge is -2.25. The number of ether oxygens (including phenoxy) is 1. The van der Waals surface area contributed by atoms with Crippen LogP contribution in [-0.4, -0.2) is 36.3 Å². The van der Waals surface area contributed by atoms with Crippen LogP contribution in [0.3, 0.4) is 0 Å². The minimum atomic E-state index is -0.259. The van der Waals surface area contributed by atoms with Gasteiger partial charge < -0.3 is 9.64 Å². The number of esters is 1. The van der Waals surface area contributed by atoms with E-state index in [0.717, 1.165) is 50.8 Å². The highest BCUT2D eigenvalue weighted by molar-refractivity contribution is 5.99. The Labute approximate surface area is 196 Å². The normalized spacial score (nSPS) is 22.9. The molecule has 0 bridgehead atoms. The number of likely N-dealkylation sites (tertiary alicyclic amines) is 1. The molecule has 2 rings (SSSR count). The standard InChI is InChI=1S/C28H47NO3/c1-3-5-6-7-8-12-17-24-22-25(23-29-20-15-11-16-21-29)28(31)26(24)18-13-9-10-14-19-27(30)32-4-2/h14,19,23-24,26H,3-13,15-18,20-22H2,1-2H3/t24-,26+/m0/s1. The first-order valence-corrected chi connectivity index (χ1v) is 13.5. The molecular formula is C28H47NO3. The van der Waals surface area contributed by atoms with E-state index in [4.69, 9.17) is 4.74 Å². The molecule has 1 aliphatic carbocycles. The van der Waals surface area contributed by atoms with Gasteiger partial charge in [-0.15, -0.1) is 0 Å². The molecule has 2 fully saturated rings. The van der Waals surface area contributed by atoms with Crippen LogP contribution < -0.4 is 0 Å². The zero-order valence-corrected chi connectivity index (χ0v) is 20.8. The predicted molar refractivity (Wildman–Crippen MR) is 132 cm³/mol. The van der Waals surface area contributed by atoms with Gasteiger partial charge in [0.2, 0.25) is 0 Å². The minimum Gasteiger partial charge on any atom is -0.463 e. The fourth-order valence-electron chi connectivity index (χ4n) is 5.21. The van der Waals surface area contributed by atoms with Crippen molar-refractivity contribution in [2.75, 3.05) is 19.7 Å². The SMILES string of the molecule is CCCCCCCC[C@H]1CC(=CN2CCCCC2)C(=O)[C@@H]1CCCCC=CC(=O)OCC. The number of rotatable bonds is 15. The summed E-state index contributed by atoms with van der Waals surface area (Å²) in [6, 6.07) is 0. The molecule has 32 heavy (non-hydrogen) atoms. The van der Waals surface area contributed by atoms with Crippen molar-refractivity contribution in [3.63, 3.8) is 0 Å². The molecule has 4 heteroatoms. The van der Waals surface area contributed by atoms with Crippen molar-refractivity contribution in [3.8, 4) is 0 Å². The second-order valence-electron chi connectivity index (χ2n) is 9.68. The van der Waals surface area contributed by atoms with Gasteiger partial charge in [-0.3, -0.25) is 4.79 Å². The Hall–Kier alpha value is -1.58. The number of Topliss-reactive ketones (excluding diaryl/α,β-unsaturated/α-hetero) is 1. The molecule has 1 aliphatic heterocycles. The molecule has 1 heterocycles. The third-order valence-corrected chi connectivity index (χ3v) is 7.04. The Bertz CT molecular complexity index is 604. The lowest BCUT2D eigenvalue weighted by Crippen LogP contribution is -2.25. The molecule has 182 valence electrons. The number of carbonyl (C=O) groups is 2. The number of nitrogens with zero attached hydrogens (tertiary/aromatic N) is 1. The number of hydrogen-bond donors (Lipinski definition) is 0. The van der Waals surface area contributed by atoms with Crippen molar-refractivity contribution >= 4 is 11.8 Å². The fourth-order valence-corrected chi connectivity index (χ4v) is 5.21. The Balaban J connectivity index is 1.83. The maximum absolute atomic E-state index is 13.3. The number of unbranched alkanes of at least 4 members (excludes halogenated alkanes) is 7. The highest BCUT2D eigenvalue weighted by atomic mass is 16.5. The molecule has 0 spiro atoms. The molecular weight excluding hydrogens is 398 g/mol. The fraction of sp³-hybridized carbons (Fsp3) is 0.786. The second kappa shape index (κ2) is 16.1. The zero-order valence-electron chi connectivity index (χ0n) is 20.8. The van der Waals surface area contributed by atoms with E-state index in [2.05, 4.69) is 18.0 Å². The number of allylic oxidation sites excluding steroid dienone is 2. The van der Waals surface area contributed by atoms with E-state index in [1.54, 1.807) is 0 Å². The van der Waals surface area contributed by atoms with Gasteiger partial charge in [-0.2, -0.15) is 0 Å². The lowest BCUT2D eigenvalue weighted by molar-refractivity contribution is -0.137. The number of ketones is 1. The molecule has 2 aliphatic rings. The summed E-state index contributed by atoms with van der Waals surface area (Å²) < 4.78 is 4.92. The number of hydrogen-bond acceptors (Lipinski definition) is 4. The van der Waals surface area contributed by atoms with Crippen molar-refractivity contribution in [2.45, 2.75) is 110 Å². The third-order valence-electron chi connectivity index (χ3n) is 7.04. The summed E-state index contributed by atoms with van der Waals surface area (Å²) in [5, 5.41) is 0. The summed E-state index contributed by atoms with van der Waals surface area (Å²) in [6.07, 6.45) is 23.5. The van der Waals surface area contributed by atoms with Crippen molar-refractivity contribution in [3.05, 3.63) is 23.9 Å². The number of piperidine rings is 1. The van der Waals surface area contributed by atoms with Gasteiger partial charge in [-0.25, -0.2) is 4.79 Å². The van der Waals surface area contributed by atoms with Gasteiger partial charge >= 0.3 is 5.97 Å². The maximum Gasteiger partial charge on any atom is 0.330 e. The monoisotopic (exact) mass is 445 g/mol.